The van der Waals surface area contributed by atoms with Crippen LogP contribution in [0.5, 0.6) is 5.75 Å². The molecule has 0 spiro atoms. The van der Waals surface area contributed by atoms with Crippen LogP contribution in [0.15, 0.2) is 52.5 Å². The molecule has 2 aromatic rings. The third-order valence-corrected chi connectivity index (χ3v) is 6.68. The van der Waals surface area contributed by atoms with Gasteiger partial charge >= 0.3 is 6.36 Å². The average Bonchev–Trinajstić information content (AvgIpc) is 3.05. The topological polar surface area (TPSA) is 122 Å². The molecule has 1 N–H and O–H groups in total. The Kier molecular flexibility index (Phi) is 7.64. The van der Waals surface area contributed by atoms with Crippen LogP contribution in [0, 0.1) is 5.92 Å². The van der Waals surface area contributed by atoms with Crippen molar-refractivity contribution in [2.24, 2.45) is 11.0 Å². The number of nitrogens with zero attached hydrogens (tertiary/aromatic N) is 2. The van der Waals surface area contributed by atoms with E-state index >= 15 is 0 Å². The van der Waals surface area contributed by atoms with Gasteiger partial charge in [0.2, 0.25) is 5.91 Å². The van der Waals surface area contributed by atoms with E-state index in [1.54, 1.807) is 0 Å². The van der Waals surface area contributed by atoms with E-state index < -0.39 is 62.9 Å². The third-order valence-electron chi connectivity index (χ3n) is 5.23. The monoisotopic (exact) mass is 561 g/mol. The number of sulfonamides is 1. The molecule has 2 aromatic carbocycles. The lowest BCUT2D eigenvalue weighted by Gasteiger charge is -2.18. The van der Waals surface area contributed by atoms with Gasteiger partial charge in [-0.1, -0.05) is 18.2 Å². The van der Waals surface area contributed by atoms with Crippen molar-refractivity contribution in [2.45, 2.75) is 44.4 Å². The molecule has 1 unspecified atom stereocenters. The van der Waals surface area contributed by atoms with Crippen LogP contribution in [-0.2, 0) is 36.8 Å². The van der Waals surface area contributed by atoms with E-state index in [0.29, 0.717) is 24.1 Å². The van der Waals surface area contributed by atoms with E-state index in [0.717, 1.165) is 19.1 Å². The highest BCUT2D eigenvalue weighted by atomic mass is 32.2. The molecule has 0 aromatic heterocycles. The zero-order valence-electron chi connectivity index (χ0n) is 20.0. The molecule has 2 amide bonds. The molecule has 0 bridgehead atoms. The molecule has 0 saturated heterocycles. The first-order valence-corrected chi connectivity index (χ1v) is 12.2. The fourth-order valence-corrected chi connectivity index (χ4v) is 4.81. The van der Waals surface area contributed by atoms with Gasteiger partial charge in [0.15, 0.2) is 5.78 Å². The van der Waals surface area contributed by atoms with Crippen LogP contribution < -0.4 is 14.5 Å². The maximum absolute atomic E-state index is 13.6. The van der Waals surface area contributed by atoms with Crippen molar-refractivity contribution in [1.82, 2.24) is 4.72 Å². The molecule has 0 saturated carbocycles. The van der Waals surface area contributed by atoms with Crippen molar-refractivity contribution in [3.8, 4) is 5.75 Å². The molecule has 1 aliphatic rings. The zero-order valence-corrected chi connectivity index (χ0v) is 20.8. The van der Waals surface area contributed by atoms with E-state index in [9.17, 15) is 44.8 Å². The second kappa shape index (κ2) is 10.1. The Morgan fingerprint density at radius 2 is 1.76 bits per heavy atom. The van der Waals surface area contributed by atoms with Crippen molar-refractivity contribution in [1.29, 1.82) is 0 Å². The van der Waals surface area contributed by atoms with Crippen molar-refractivity contribution in [3.05, 3.63) is 53.6 Å². The molecule has 1 aliphatic heterocycles. The first kappa shape index (κ1) is 28.7. The van der Waals surface area contributed by atoms with E-state index in [2.05, 4.69) is 9.84 Å². The number of hydrazone groups is 1. The number of ether oxygens (including phenoxy) is 1. The third kappa shape index (κ3) is 6.51. The number of alkyl halides is 5. The van der Waals surface area contributed by atoms with Crippen LogP contribution >= 0.6 is 0 Å². The zero-order chi connectivity index (χ0) is 28.6. The lowest BCUT2D eigenvalue weighted by Crippen LogP contribution is -2.34. The van der Waals surface area contributed by atoms with Gasteiger partial charge in [-0.05, 0) is 36.8 Å². The van der Waals surface area contributed by atoms with E-state index in [4.69, 9.17) is 0 Å². The fraction of sp³-hybridized carbons (Fsp3) is 0.304. The van der Waals surface area contributed by atoms with Gasteiger partial charge in [-0.3, -0.25) is 14.4 Å². The summed E-state index contributed by atoms with van der Waals surface area (Å²) in [6.07, 6.45) is -5.68. The van der Waals surface area contributed by atoms with Crippen LogP contribution in [0.1, 0.15) is 31.9 Å². The van der Waals surface area contributed by atoms with Crippen molar-refractivity contribution in [3.63, 3.8) is 0 Å². The fourth-order valence-electron chi connectivity index (χ4n) is 3.67. The van der Waals surface area contributed by atoms with E-state index in [1.807, 2.05) is 0 Å². The van der Waals surface area contributed by atoms with Crippen molar-refractivity contribution < 1.29 is 49.5 Å². The van der Waals surface area contributed by atoms with E-state index in [-0.39, 0.29) is 22.5 Å². The summed E-state index contributed by atoms with van der Waals surface area (Å²) in [5, 5.41) is 4.57. The summed E-state index contributed by atoms with van der Waals surface area (Å²) in [7, 11) is -4.87. The van der Waals surface area contributed by atoms with Gasteiger partial charge in [-0.2, -0.15) is 10.1 Å². The molecule has 1 atom stereocenters. The van der Waals surface area contributed by atoms with Gasteiger partial charge in [0, 0.05) is 25.8 Å². The predicted molar refractivity (Wildman–Crippen MR) is 123 cm³/mol. The molecule has 1 heterocycles. The Labute approximate surface area is 213 Å². The molecule has 38 heavy (non-hydrogen) atoms. The number of carbonyl (C=O) groups is 3. The number of amides is 2. The van der Waals surface area contributed by atoms with Crippen LogP contribution in [0.25, 0.3) is 0 Å². The number of hydrogen-bond donors (Lipinski definition) is 1. The van der Waals surface area contributed by atoms with Crippen LogP contribution in [-0.4, -0.2) is 38.1 Å². The number of ketones is 1. The van der Waals surface area contributed by atoms with Crippen molar-refractivity contribution in [2.75, 3.05) is 5.01 Å². The number of hydrogen-bond acceptors (Lipinski definition) is 7. The van der Waals surface area contributed by atoms with Crippen LogP contribution in [0.3, 0.4) is 0 Å². The number of halogens is 5. The second-order valence-corrected chi connectivity index (χ2v) is 10.0. The van der Waals surface area contributed by atoms with Gasteiger partial charge < -0.3 is 4.74 Å². The summed E-state index contributed by atoms with van der Waals surface area (Å²) in [6, 6.07) is 7.21. The van der Waals surface area contributed by atoms with Gasteiger partial charge in [0.25, 0.3) is 21.9 Å². The maximum Gasteiger partial charge on any atom is 0.573 e. The molecule has 204 valence electrons. The second-order valence-electron chi connectivity index (χ2n) is 8.40. The summed E-state index contributed by atoms with van der Waals surface area (Å²) >= 11 is 0. The highest BCUT2D eigenvalue weighted by Gasteiger charge is 2.41. The standard InChI is InChI=1S/C23H20F5N3O6S/c1-12-20(17(33)10-14-5-4-6-15(9-14)22(3,24)25)21(34)31(29-12)16-7-8-18(37-23(26,27)28)19(11-16)38(35,36)30-13(2)32/h4-9,11,20H,10H2,1-3H3,(H,30,32). The minimum Gasteiger partial charge on any atom is -0.404 e. The van der Waals surface area contributed by atoms with Gasteiger partial charge in [0.1, 0.15) is 16.6 Å². The lowest BCUT2D eigenvalue weighted by molar-refractivity contribution is -0.275. The van der Waals surface area contributed by atoms with Crippen LogP contribution in [0.2, 0.25) is 0 Å². The van der Waals surface area contributed by atoms with Crippen LogP contribution in [0.4, 0.5) is 27.6 Å². The first-order chi connectivity index (χ1) is 17.4. The minimum absolute atomic E-state index is 0.0149. The summed E-state index contributed by atoms with van der Waals surface area (Å²) in [5.41, 5.74) is -0.471. The lowest BCUT2D eigenvalue weighted by atomic mass is 9.93. The SMILES string of the molecule is CC(=O)NS(=O)(=O)c1cc(N2N=C(C)C(C(=O)Cc3cccc(C(C)(F)F)c3)C2=O)ccc1OC(F)(F)F. The molecule has 3 rings (SSSR count). The minimum atomic E-state index is -5.28. The van der Waals surface area contributed by atoms with Gasteiger partial charge in [-0.25, -0.2) is 21.9 Å². The number of Topliss-reactive ketones (excluding diaryl/α,β-unsaturated/α-hetero) is 1. The Bertz CT molecular complexity index is 1430. The van der Waals surface area contributed by atoms with Crippen molar-refractivity contribution >= 4 is 39.0 Å². The number of rotatable bonds is 8. The Morgan fingerprint density at radius 3 is 2.34 bits per heavy atom. The quantitative estimate of drug-likeness (QED) is 0.388. The van der Waals surface area contributed by atoms with Gasteiger partial charge in [0.05, 0.1) is 11.4 Å². The first-order valence-electron chi connectivity index (χ1n) is 10.7. The molecule has 0 aliphatic carbocycles. The number of carbonyl (C=O) groups excluding carboxylic acids is 3. The summed E-state index contributed by atoms with van der Waals surface area (Å²) in [4.78, 5) is 36.2. The normalized spacial score (nSPS) is 16.3. The Hall–Kier alpha value is -3.88. The average molecular weight is 561 g/mol. The highest BCUT2D eigenvalue weighted by molar-refractivity contribution is 7.90. The molecule has 0 fully saturated rings. The Morgan fingerprint density at radius 1 is 1.11 bits per heavy atom. The molecule has 15 heteroatoms. The highest BCUT2D eigenvalue weighted by Crippen LogP contribution is 2.35. The summed E-state index contributed by atoms with van der Waals surface area (Å²) in [6.45, 7) is 2.83. The smallest absolute Gasteiger partial charge is 0.404 e. The number of benzene rings is 2. The molecular formula is C23H20F5N3O6S. The number of anilines is 1. The Balaban J connectivity index is 1.93. The maximum atomic E-state index is 13.6. The number of nitrogens with one attached hydrogen (secondary N) is 1. The van der Waals surface area contributed by atoms with Gasteiger partial charge in [-0.15, -0.1) is 13.2 Å². The molecule has 9 nitrogen and oxygen atoms in total. The predicted octanol–water partition coefficient (Wildman–Crippen LogP) is 3.67. The molecule has 0 radical (unpaired) electrons. The molecular weight excluding hydrogens is 541 g/mol. The summed E-state index contributed by atoms with van der Waals surface area (Å²) < 4.78 is 96.0. The largest absolute Gasteiger partial charge is 0.573 e. The summed E-state index contributed by atoms with van der Waals surface area (Å²) in [5.74, 6) is -8.54. The van der Waals surface area contributed by atoms with E-state index in [1.165, 1.54) is 29.8 Å².